The molecular weight excluding hydrogens is 176 g/mol. The van der Waals surface area contributed by atoms with E-state index in [1.807, 2.05) is 6.08 Å². The highest BCUT2D eigenvalue weighted by molar-refractivity contribution is 4.89. The number of methoxy groups -OCH3 is 2. The zero-order valence-corrected chi connectivity index (χ0v) is 9.53. The topological polar surface area (TPSA) is 18.5 Å². The van der Waals surface area contributed by atoms with E-state index in [0.29, 0.717) is 0 Å². The summed E-state index contributed by atoms with van der Waals surface area (Å²) in [6.45, 7) is 2.19. The van der Waals surface area contributed by atoms with Crippen LogP contribution in [-0.4, -0.2) is 20.5 Å². The molecule has 0 aliphatic carbocycles. The van der Waals surface area contributed by atoms with Gasteiger partial charge in [0.25, 0.3) is 0 Å². The first-order valence-corrected chi connectivity index (χ1v) is 5.22. The molecule has 0 radical (unpaired) electrons. The molecule has 0 bridgehead atoms. The molecule has 2 nitrogen and oxygen atoms in total. The van der Waals surface area contributed by atoms with Crippen LogP contribution in [0.3, 0.4) is 0 Å². The zero-order chi connectivity index (χ0) is 10.6. The Bertz CT molecular complexity index is 158. The van der Waals surface area contributed by atoms with Gasteiger partial charge in [-0.15, -0.1) is 0 Å². The van der Waals surface area contributed by atoms with Gasteiger partial charge in [0.2, 0.25) is 0 Å². The molecule has 2 heteroatoms. The monoisotopic (exact) mass is 198 g/mol. The van der Waals surface area contributed by atoms with Crippen molar-refractivity contribution in [1.82, 2.24) is 0 Å². The Morgan fingerprint density at radius 1 is 0.929 bits per heavy atom. The second kappa shape index (κ2) is 10.5. The van der Waals surface area contributed by atoms with E-state index >= 15 is 0 Å². The normalized spacial score (nSPS) is 12.3. The van der Waals surface area contributed by atoms with Gasteiger partial charge in [0.05, 0.1) is 0 Å². The number of hydrogen-bond donors (Lipinski definition) is 0. The first kappa shape index (κ1) is 13.4. The molecule has 0 aromatic rings. The van der Waals surface area contributed by atoms with Crippen LogP contribution in [0.1, 0.15) is 32.6 Å². The smallest absolute Gasteiger partial charge is 0.176 e. The average molecular weight is 198 g/mol. The Balaban J connectivity index is 3.42. The molecule has 0 aliphatic heterocycles. The second-order valence-corrected chi connectivity index (χ2v) is 3.11. The maximum absolute atomic E-state index is 5.02. The number of ether oxygens (including phenoxy) is 2. The molecule has 0 unspecified atom stereocenters. The summed E-state index contributed by atoms with van der Waals surface area (Å²) in [5.74, 6) is 0. The molecule has 0 saturated heterocycles. The third-order valence-corrected chi connectivity index (χ3v) is 1.88. The van der Waals surface area contributed by atoms with Crippen molar-refractivity contribution < 1.29 is 9.47 Å². The minimum Gasteiger partial charge on any atom is -0.352 e. The summed E-state index contributed by atoms with van der Waals surface area (Å²) in [4.78, 5) is 0. The quantitative estimate of drug-likeness (QED) is 0.338. The van der Waals surface area contributed by atoms with Crippen LogP contribution in [0.2, 0.25) is 0 Å². The summed E-state index contributed by atoms with van der Waals surface area (Å²) in [5, 5.41) is 0. The van der Waals surface area contributed by atoms with Gasteiger partial charge in [-0.2, -0.15) is 0 Å². The molecule has 82 valence electrons. The molecule has 0 spiro atoms. The number of allylic oxidation sites excluding steroid dienone is 3. The van der Waals surface area contributed by atoms with E-state index in [2.05, 4.69) is 25.2 Å². The molecule has 0 aliphatic rings. The van der Waals surface area contributed by atoms with E-state index in [9.17, 15) is 0 Å². The van der Waals surface area contributed by atoms with Crippen molar-refractivity contribution in [3.05, 3.63) is 24.3 Å². The van der Waals surface area contributed by atoms with Gasteiger partial charge in [-0.05, 0) is 25.3 Å². The highest BCUT2D eigenvalue weighted by Crippen LogP contribution is 1.99. The van der Waals surface area contributed by atoms with Crippen molar-refractivity contribution in [2.24, 2.45) is 0 Å². The summed E-state index contributed by atoms with van der Waals surface area (Å²) < 4.78 is 10.0. The van der Waals surface area contributed by atoms with Gasteiger partial charge in [-0.3, -0.25) is 0 Å². The van der Waals surface area contributed by atoms with Crippen LogP contribution in [0.25, 0.3) is 0 Å². The predicted octanol–water partition coefficient (Wildman–Crippen LogP) is 3.30. The first-order chi connectivity index (χ1) is 6.85. The molecule has 0 saturated carbocycles. The lowest BCUT2D eigenvalue weighted by Crippen LogP contribution is -2.08. The Kier molecular flexibility index (Phi) is 10.0. The molecule has 0 atom stereocenters. The van der Waals surface area contributed by atoms with E-state index in [0.717, 1.165) is 12.8 Å². The third-order valence-electron chi connectivity index (χ3n) is 1.88. The van der Waals surface area contributed by atoms with Crippen molar-refractivity contribution in [3.63, 3.8) is 0 Å². The predicted molar refractivity (Wildman–Crippen MR) is 60.2 cm³/mol. The van der Waals surface area contributed by atoms with E-state index in [4.69, 9.17) is 9.47 Å². The number of hydrogen-bond acceptors (Lipinski definition) is 2. The Labute approximate surface area is 87.6 Å². The standard InChI is InChI=1S/C12H22O2/c1-4-5-6-7-8-9-10-11-12(13-2)14-3/h6-7,10-12H,4-5,8-9H2,1-3H3/b7-6-,11-10-. The minimum absolute atomic E-state index is 0.199. The first-order valence-electron chi connectivity index (χ1n) is 5.22. The van der Waals surface area contributed by atoms with E-state index in [1.54, 1.807) is 14.2 Å². The third kappa shape index (κ3) is 8.02. The maximum atomic E-state index is 5.02. The molecule has 0 heterocycles. The lowest BCUT2D eigenvalue weighted by atomic mass is 10.2. The van der Waals surface area contributed by atoms with Gasteiger partial charge in [0.1, 0.15) is 0 Å². The zero-order valence-electron chi connectivity index (χ0n) is 9.53. The van der Waals surface area contributed by atoms with Crippen molar-refractivity contribution in [1.29, 1.82) is 0 Å². The fourth-order valence-electron chi connectivity index (χ4n) is 1.06. The molecule has 14 heavy (non-hydrogen) atoms. The molecule has 0 fully saturated rings. The minimum atomic E-state index is -0.199. The molecule has 0 amide bonds. The highest BCUT2D eigenvalue weighted by Gasteiger charge is 1.95. The molecule has 0 aromatic carbocycles. The number of rotatable bonds is 8. The van der Waals surface area contributed by atoms with Gasteiger partial charge >= 0.3 is 0 Å². The summed E-state index contributed by atoms with van der Waals surface area (Å²) >= 11 is 0. The summed E-state index contributed by atoms with van der Waals surface area (Å²) in [6, 6.07) is 0. The van der Waals surface area contributed by atoms with Crippen LogP contribution >= 0.6 is 0 Å². The van der Waals surface area contributed by atoms with Crippen LogP contribution in [0.15, 0.2) is 24.3 Å². The van der Waals surface area contributed by atoms with Crippen LogP contribution < -0.4 is 0 Å². The fraction of sp³-hybridized carbons (Fsp3) is 0.667. The van der Waals surface area contributed by atoms with Gasteiger partial charge in [-0.25, -0.2) is 0 Å². The summed E-state index contributed by atoms with van der Waals surface area (Å²) in [5.41, 5.74) is 0. The van der Waals surface area contributed by atoms with Crippen LogP contribution in [0.5, 0.6) is 0 Å². The highest BCUT2D eigenvalue weighted by atomic mass is 16.7. The van der Waals surface area contributed by atoms with Gasteiger partial charge < -0.3 is 9.47 Å². The Hall–Kier alpha value is -0.600. The fourth-order valence-corrected chi connectivity index (χ4v) is 1.06. The lowest BCUT2D eigenvalue weighted by molar-refractivity contribution is -0.0667. The lowest BCUT2D eigenvalue weighted by Gasteiger charge is -2.06. The maximum Gasteiger partial charge on any atom is 0.176 e. The Morgan fingerprint density at radius 2 is 1.50 bits per heavy atom. The van der Waals surface area contributed by atoms with Crippen molar-refractivity contribution >= 4 is 0 Å². The summed E-state index contributed by atoms with van der Waals surface area (Å²) in [7, 11) is 3.28. The summed E-state index contributed by atoms with van der Waals surface area (Å²) in [6.07, 6.45) is 12.8. The van der Waals surface area contributed by atoms with Crippen molar-refractivity contribution in [2.45, 2.75) is 38.9 Å². The molecule has 0 aromatic heterocycles. The second-order valence-electron chi connectivity index (χ2n) is 3.11. The van der Waals surface area contributed by atoms with Crippen molar-refractivity contribution in [3.8, 4) is 0 Å². The van der Waals surface area contributed by atoms with Gasteiger partial charge in [0, 0.05) is 14.2 Å². The van der Waals surface area contributed by atoms with Crippen molar-refractivity contribution in [2.75, 3.05) is 14.2 Å². The van der Waals surface area contributed by atoms with E-state index in [1.165, 1.54) is 12.8 Å². The van der Waals surface area contributed by atoms with Gasteiger partial charge in [-0.1, -0.05) is 31.6 Å². The molecular formula is C12H22O2. The van der Waals surface area contributed by atoms with E-state index < -0.39 is 0 Å². The Morgan fingerprint density at radius 3 is 2.07 bits per heavy atom. The van der Waals surface area contributed by atoms with E-state index in [-0.39, 0.29) is 6.29 Å². The van der Waals surface area contributed by atoms with Crippen LogP contribution in [0, 0.1) is 0 Å². The SMILES string of the molecule is CCC/C=C\CC/C=C\C(OC)OC. The van der Waals surface area contributed by atoms with Crippen LogP contribution in [0.4, 0.5) is 0 Å². The largest absolute Gasteiger partial charge is 0.352 e. The van der Waals surface area contributed by atoms with Gasteiger partial charge in [0.15, 0.2) is 6.29 Å². The average Bonchev–Trinajstić information content (AvgIpc) is 2.22. The van der Waals surface area contributed by atoms with Crippen LogP contribution in [-0.2, 0) is 9.47 Å². The number of unbranched alkanes of at least 4 members (excludes halogenated alkanes) is 2. The molecule has 0 N–H and O–H groups in total. The molecule has 0 rings (SSSR count).